The number of carboxylic acids is 1. The molecule has 1 aromatic carbocycles. The zero-order chi connectivity index (χ0) is 16.2. The Bertz CT molecular complexity index is 554. The van der Waals surface area contributed by atoms with Crippen molar-refractivity contribution in [1.29, 1.82) is 0 Å². The molecule has 1 aromatic rings. The Kier molecular flexibility index (Phi) is 7.02. The molecule has 0 aliphatic heterocycles. The van der Waals surface area contributed by atoms with Gasteiger partial charge < -0.3 is 15.3 Å². The van der Waals surface area contributed by atoms with Crippen LogP contribution in [0.1, 0.15) is 17.3 Å². The summed E-state index contributed by atoms with van der Waals surface area (Å²) >= 11 is 8.16. The van der Waals surface area contributed by atoms with Gasteiger partial charge in [0.25, 0.3) is 0 Å². The summed E-state index contributed by atoms with van der Waals surface area (Å²) in [6.07, 6.45) is 1.97. The minimum atomic E-state index is -1.10. The number of thioether (sulfide) groups is 1. The van der Waals surface area contributed by atoms with Gasteiger partial charge in [-0.2, -0.15) is 11.8 Å². The highest BCUT2D eigenvalue weighted by Crippen LogP contribution is 2.31. The molecular formula is C13H16Br2N2O3S. The molecule has 0 saturated heterocycles. The second-order valence-corrected chi connectivity index (χ2v) is 7.14. The second-order valence-electron chi connectivity index (χ2n) is 4.46. The van der Waals surface area contributed by atoms with Crippen LogP contribution in [0.2, 0.25) is 0 Å². The van der Waals surface area contributed by atoms with Crippen LogP contribution < -0.4 is 5.32 Å². The minimum absolute atomic E-state index is 0.0236. The number of nitrogens with one attached hydrogen (secondary N) is 1. The maximum absolute atomic E-state index is 12.2. The summed E-state index contributed by atoms with van der Waals surface area (Å²) in [6.45, 7) is 1.94. The highest BCUT2D eigenvalue weighted by Gasteiger charge is 2.20. The van der Waals surface area contributed by atoms with Gasteiger partial charge in [0.1, 0.15) is 0 Å². The number of anilines is 1. The molecule has 0 aliphatic rings. The van der Waals surface area contributed by atoms with Crippen LogP contribution in [-0.4, -0.2) is 47.1 Å². The molecule has 8 heteroatoms. The zero-order valence-corrected chi connectivity index (χ0v) is 15.8. The Labute approximate surface area is 144 Å². The lowest BCUT2D eigenvalue weighted by Crippen LogP contribution is -2.39. The summed E-state index contributed by atoms with van der Waals surface area (Å²) in [5.74, 6) is -0.302. The van der Waals surface area contributed by atoms with Gasteiger partial charge in [0, 0.05) is 27.8 Å². The Morgan fingerprint density at radius 3 is 2.57 bits per heavy atom. The summed E-state index contributed by atoms with van der Waals surface area (Å²) in [5, 5.41) is 11.9. The van der Waals surface area contributed by atoms with Gasteiger partial charge in [-0.25, -0.2) is 9.59 Å². The first kappa shape index (κ1) is 18.3. The van der Waals surface area contributed by atoms with E-state index in [1.165, 1.54) is 6.07 Å². The molecule has 1 rings (SSSR count). The van der Waals surface area contributed by atoms with Crippen LogP contribution >= 0.6 is 43.6 Å². The molecule has 0 radical (unpaired) electrons. The number of urea groups is 1. The molecule has 0 bridgehead atoms. The molecule has 1 atom stereocenters. The predicted molar refractivity (Wildman–Crippen MR) is 93.4 cm³/mol. The third-order valence-corrected chi connectivity index (χ3v) is 4.81. The van der Waals surface area contributed by atoms with E-state index in [1.807, 2.05) is 13.2 Å². The number of nitrogens with zero attached hydrogens (tertiary/aromatic N) is 1. The lowest BCUT2D eigenvalue weighted by atomic mass is 10.2. The Morgan fingerprint density at radius 2 is 2.05 bits per heavy atom. The number of rotatable bonds is 5. The third-order valence-electron chi connectivity index (χ3n) is 2.91. The van der Waals surface area contributed by atoms with Crippen LogP contribution in [-0.2, 0) is 0 Å². The molecule has 5 nitrogen and oxygen atoms in total. The Morgan fingerprint density at radius 1 is 1.43 bits per heavy atom. The molecule has 1 unspecified atom stereocenters. The van der Waals surface area contributed by atoms with Crippen LogP contribution in [0.5, 0.6) is 0 Å². The average Bonchev–Trinajstić information content (AvgIpc) is 2.40. The normalized spacial score (nSPS) is 11.9. The molecule has 0 heterocycles. The van der Waals surface area contributed by atoms with E-state index in [0.717, 1.165) is 5.75 Å². The lowest BCUT2D eigenvalue weighted by Gasteiger charge is -2.25. The van der Waals surface area contributed by atoms with Gasteiger partial charge in [0.15, 0.2) is 0 Å². The van der Waals surface area contributed by atoms with Gasteiger partial charge in [-0.15, -0.1) is 0 Å². The van der Waals surface area contributed by atoms with Crippen molar-refractivity contribution in [2.75, 3.05) is 24.4 Å². The fourth-order valence-electron chi connectivity index (χ4n) is 1.62. The highest BCUT2D eigenvalue weighted by atomic mass is 79.9. The molecular weight excluding hydrogens is 424 g/mol. The Hall–Kier alpha value is -0.730. The number of hydrogen-bond acceptors (Lipinski definition) is 3. The number of halogens is 2. The number of aromatic carboxylic acids is 1. The van der Waals surface area contributed by atoms with Crippen molar-refractivity contribution in [3.63, 3.8) is 0 Å². The third kappa shape index (κ3) is 4.89. The van der Waals surface area contributed by atoms with Crippen molar-refractivity contribution in [3.8, 4) is 0 Å². The molecule has 116 valence electrons. The van der Waals surface area contributed by atoms with E-state index in [9.17, 15) is 14.7 Å². The van der Waals surface area contributed by atoms with Crippen molar-refractivity contribution >= 4 is 61.3 Å². The van der Waals surface area contributed by atoms with Crippen LogP contribution in [0.25, 0.3) is 0 Å². The first-order valence-electron chi connectivity index (χ1n) is 6.03. The van der Waals surface area contributed by atoms with Crippen molar-refractivity contribution in [3.05, 3.63) is 26.6 Å². The number of amides is 2. The highest BCUT2D eigenvalue weighted by molar-refractivity contribution is 9.11. The predicted octanol–water partition coefficient (Wildman–Crippen LogP) is 4.13. The summed E-state index contributed by atoms with van der Waals surface area (Å²) in [4.78, 5) is 25.1. The van der Waals surface area contributed by atoms with Gasteiger partial charge in [-0.1, -0.05) is 15.9 Å². The van der Waals surface area contributed by atoms with Crippen molar-refractivity contribution in [2.45, 2.75) is 13.0 Å². The van der Waals surface area contributed by atoms with E-state index in [2.05, 4.69) is 37.2 Å². The van der Waals surface area contributed by atoms with E-state index in [0.29, 0.717) is 8.95 Å². The quantitative estimate of drug-likeness (QED) is 0.723. The largest absolute Gasteiger partial charge is 0.478 e. The first-order valence-corrected chi connectivity index (χ1v) is 9.01. The summed E-state index contributed by atoms with van der Waals surface area (Å²) in [5.41, 5.74) is 0.273. The molecule has 0 saturated carbocycles. The maximum Gasteiger partial charge on any atom is 0.337 e. The van der Waals surface area contributed by atoms with Crippen LogP contribution in [0.4, 0.5) is 10.5 Å². The average molecular weight is 440 g/mol. The molecule has 0 spiro atoms. The van der Waals surface area contributed by atoms with Crippen LogP contribution in [0.15, 0.2) is 21.1 Å². The van der Waals surface area contributed by atoms with Gasteiger partial charge >= 0.3 is 12.0 Å². The van der Waals surface area contributed by atoms with Gasteiger partial charge in [-0.05, 0) is 41.2 Å². The van der Waals surface area contributed by atoms with Crippen molar-refractivity contribution in [2.24, 2.45) is 0 Å². The van der Waals surface area contributed by atoms with Gasteiger partial charge in [-0.3, -0.25) is 0 Å². The molecule has 0 aromatic heterocycles. The number of benzene rings is 1. The van der Waals surface area contributed by atoms with Crippen molar-refractivity contribution in [1.82, 2.24) is 4.90 Å². The second kappa shape index (κ2) is 8.05. The van der Waals surface area contributed by atoms with Crippen LogP contribution in [0.3, 0.4) is 0 Å². The number of carbonyl (C=O) groups excluding carboxylic acids is 1. The van der Waals surface area contributed by atoms with E-state index >= 15 is 0 Å². The fourth-order valence-corrected chi connectivity index (χ4v) is 3.65. The van der Waals surface area contributed by atoms with Gasteiger partial charge in [0.05, 0.1) is 11.3 Å². The first-order chi connectivity index (χ1) is 9.77. The molecule has 0 fully saturated rings. The smallest absolute Gasteiger partial charge is 0.337 e. The summed E-state index contributed by atoms with van der Waals surface area (Å²) < 4.78 is 1.13. The lowest BCUT2D eigenvalue weighted by molar-refractivity contribution is 0.0698. The molecule has 0 aliphatic carbocycles. The number of carbonyl (C=O) groups is 2. The topological polar surface area (TPSA) is 69.6 Å². The van der Waals surface area contributed by atoms with E-state index in [1.54, 1.807) is 29.8 Å². The molecule has 21 heavy (non-hydrogen) atoms. The van der Waals surface area contributed by atoms with Gasteiger partial charge in [0.2, 0.25) is 0 Å². The molecule has 2 amide bonds. The summed E-state index contributed by atoms with van der Waals surface area (Å²) in [7, 11) is 1.68. The number of hydrogen-bond donors (Lipinski definition) is 2. The maximum atomic E-state index is 12.2. The van der Waals surface area contributed by atoms with Crippen molar-refractivity contribution < 1.29 is 14.7 Å². The standard InChI is InChI=1S/C13H16Br2N2O3S/c1-7(6-21-3)17(2)13(20)16-11-9(12(18)19)4-8(14)5-10(11)15/h4-5,7H,6H2,1-3H3,(H,16,20)(H,18,19). The number of carboxylic acid groups (broad SMARTS) is 1. The SMILES string of the molecule is CSCC(C)N(C)C(=O)Nc1c(Br)cc(Br)cc1C(=O)O. The zero-order valence-electron chi connectivity index (χ0n) is 11.8. The fraction of sp³-hybridized carbons (Fsp3) is 0.385. The van der Waals surface area contributed by atoms with E-state index < -0.39 is 5.97 Å². The van der Waals surface area contributed by atoms with E-state index in [4.69, 9.17) is 0 Å². The van der Waals surface area contributed by atoms with E-state index in [-0.39, 0.29) is 23.3 Å². The summed E-state index contributed by atoms with van der Waals surface area (Å²) in [6, 6.07) is 2.84. The molecule has 2 N–H and O–H groups in total. The van der Waals surface area contributed by atoms with Crippen LogP contribution in [0, 0.1) is 0 Å². The minimum Gasteiger partial charge on any atom is -0.478 e. The Balaban J connectivity index is 3.02. The monoisotopic (exact) mass is 438 g/mol.